The van der Waals surface area contributed by atoms with E-state index in [0.29, 0.717) is 28.5 Å². The van der Waals surface area contributed by atoms with Crippen molar-refractivity contribution in [3.8, 4) is 0 Å². The van der Waals surface area contributed by atoms with Crippen LogP contribution in [0.3, 0.4) is 0 Å². The highest BCUT2D eigenvalue weighted by molar-refractivity contribution is 7.99. The Morgan fingerprint density at radius 1 is 1.19 bits per heavy atom. The van der Waals surface area contributed by atoms with Gasteiger partial charge >= 0.3 is 0 Å². The standard InChI is InChI=1S/C23H24N4O3S/c1-14(2)12-27-22(29)17-8-6-10-24-21(17)26-23(27)31-13-20(28)25-15(3)19-11-16-7-4-5-9-18(16)30-19/h4-11,14-15H,12-13H2,1-3H3,(H,25,28)/t15-/m0/s1. The van der Waals surface area contributed by atoms with Crippen molar-refractivity contribution in [3.63, 3.8) is 0 Å². The molecule has 1 N–H and O–H groups in total. The van der Waals surface area contributed by atoms with Gasteiger partial charge in [-0.1, -0.05) is 43.8 Å². The van der Waals surface area contributed by atoms with E-state index in [1.165, 1.54) is 11.8 Å². The molecule has 31 heavy (non-hydrogen) atoms. The number of fused-ring (bicyclic) bond motifs is 2. The zero-order valence-electron chi connectivity index (χ0n) is 17.7. The minimum atomic E-state index is -0.274. The number of furan rings is 1. The third-order valence-corrected chi connectivity index (χ3v) is 5.80. The van der Waals surface area contributed by atoms with Gasteiger partial charge in [0.1, 0.15) is 11.3 Å². The fourth-order valence-electron chi connectivity index (χ4n) is 3.37. The molecule has 4 rings (SSSR count). The quantitative estimate of drug-likeness (QED) is 0.346. The van der Waals surface area contributed by atoms with Crippen LogP contribution >= 0.6 is 11.8 Å². The number of thioether (sulfide) groups is 1. The van der Waals surface area contributed by atoms with Crippen LogP contribution in [0, 0.1) is 5.92 Å². The van der Waals surface area contributed by atoms with E-state index in [2.05, 4.69) is 15.3 Å². The summed E-state index contributed by atoms with van der Waals surface area (Å²) in [6.07, 6.45) is 1.61. The van der Waals surface area contributed by atoms with E-state index in [4.69, 9.17) is 4.42 Å². The normalized spacial score (nSPS) is 12.5. The van der Waals surface area contributed by atoms with Gasteiger partial charge in [0, 0.05) is 18.1 Å². The summed E-state index contributed by atoms with van der Waals surface area (Å²) in [6, 6.07) is 12.8. The minimum Gasteiger partial charge on any atom is -0.459 e. The van der Waals surface area contributed by atoms with Crippen LogP contribution in [0.25, 0.3) is 22.0 Å². The van der Waals surface area contributed by atoms with Gasteiger partial charge in [0.05, 0.1) is 17.2 Å². The largest absolute Gasteiger partial charge is 0.459 e. The van der Waals surface area contributed by atoms with Crippen molar-refractivity contribution in [3.05, 3.63) is 64.8 Å². The molecule has 1 atom stereocenters. The second-order valence-electron chi connectivity index (χ2n) is 7.84. The molecule has 3 aromatic heterocycles. The predicted octanol–water partition coefficient (Wildman–Crippen LogP) is 4.16. The summed E-state index contributed by atoms with van der Waals surface area (Å²) in [4.78, 5) is 34.3. The molecule has 0 bridgehead atoms. The van der Waals surface area contributed by atoms with Gasteiger partial charge in [0.25, 0.3) is 5.56 Å². The van der Waals surface area contributed by atoms with E-state index in [-0.39, 0.29) is 29.2 Å². The number of hydrogen-bond donors (Lipinski definition) is 1. The van der Waals surface area contributed by atoms with Crippen LogP contribution in [-0.2, 0) is 11.3 Å². The first-order valence-corrected chi connectivity index (χ1v) is 11.2. The molecule has 0 saturated carbocycles. The minimum absolute atomic E-state index is 0.132. The molecule has 160 valence electrons. The number of hydrogen-bond acceptors (Lipinski definition) is 6. The van der Waals surface area contributed by atoms with E-state index < -0.39 is 0 Å². The smallest absolute Gasteiger partial charge is 0.263 e. The maximum absolute atomic E-state index is 12.9. The molecule has 0 aliphatic heterocycles. The number of benzene rings is 1. The summed E-state index contributed by atoms with van der Waals surface area (Å²) in [5.74, 6) is 0.927. The summed E-state index contributed by atoms with van der Waals surface area (Å²) in [5.41, 5.74) is 1.05. The van der Waals surface area contributed by atoms with Gasteiger partial charge in [-0.3, -0.25) is 14.2 Å². The second kappa shape index (κ2) is 8.93. The molecule has 0 saturated heterocycles. The van der Waals surface area contributed by atoms with E-state index in [1.54, 1.807) is 22.9 Å². The van der Waals surface area contributed by atoms with E-state index in [9.17, 15) is 9.59 Å². The van der Waals surface area contributed by atoms with Crippen molar-refractivity contribution in [1.29, 1.82) is 0 Å². The van der Waals surface area contributed by atoms with Gasteiger partial charge in [-0.2, -0.15) is 0 Å². The Morgan fingerprint density at radius 3 is 2.77 bits per heavy atom. The van der Waals surface area contributed by atoms with Gasteiger partial charge in [0.2, 0.25) is 5.91 Å². The first kappa shape index (κ1) is 21.1. The lowest BCUT2D eigenvalue weighted by atomic mass is 10.2. The molecule has 0 fully saturated rings. The maximum atomic E-state index is 12.9. The van der Waals surface area contributed by atoms with Gasteiger partial charge in [0.15, 0.2) is 10.8 Å². The van der Waals surface area contributed by atoms with Crippen LogP contribution in [-0.4, -0.2) is 26.2 Å². The number of pyridine rings is 1. The summed E-state index contributed by atoms with van der Waals surface area (Å²) in [7, 11) is 0. The van der Waals surface area contributed by atoms with Crippen molar-refractivity contribution in [2.24, 2.45) is 5.92 Å². The van der Waals surface area contributed by atoms with E-state index in [1.807, 2.05) is 51.1 Å². The molecule has 3 heterocycles. The highest BCUT2D eigenvalue weighted by Crippen LogP contribution is 2.24. The van der Waals surface area contributed by atoms with Gasteiger partial charge in [-0.15, -0.1) is 0 Å². The Labute approximate surface area is 183 Å². The highest BCUT2D eigenvalue weighted by atomic mass is 32.2. The van der Waals surface area contributed by atoms with Gasteiger partial charge < -0.3 is 9.73 Å². The molecule has 0 radical (unpaired) electrons. The number of para-hydroxylation sites is 1. The summed E-state index contributed by atoms with van der Waals surface area (Å²) < 4.78 is 7.47. The highest BCUT2D eigenvalue weighted by Gasteiger charge is 2.17. The molecular formula is C23H24N4O3S. The Hall–Kier alpha value is -3.13. The first-order valence-electron chi connectivity index (χ1n) is 10.2. The average Bonchev–Trinajstić information content (AvgIpc) is 3.19. The van der Waals surface area contributed by atoms with Crippen LogP contribution in [0.1, 0.15) is 32.6 Å². The summed E-state index contributed by atoms with van der Waals surface area (Å²) in [6.45, 7) is 6.48. The van der Waals surface area contributed by atoms with Gasteiger partial charge in [-0.05, 0) is 37.1 Å². The molecule has 0 aliphatic carbocycles. The Balaban J connectivity index is 1.50. The van der Waals surface area contributed by atoms with Gasteiger partial charge in [-0.25, -0.2) is 9.97 Å². The predicted molar refractivity (Wildman–Crippen MR) is 122 cm³/mol. The third kappa shape index (κ3) is 4.64. The zero-order chi connectivity index (χ0) is 22.0. The lowest BCUT2D eigenvalue weighted by Gasteiger charge is -2.15. The number of nitrogens with zero attached hydrogens (tertiary/aromatic N) is 3. The lowest BCUT2D eigenvalue weighted by molar-refractivity contribution is -0.119. The van der Waals surface area contributed by atoms with Crippen molar-refractivity contribution < 1.29 is 9.21 Å². The number of rotatable bonds is 7. The number of carbonyl (C=O) groups excluding carboxylic acids is 1. The fourth-order valence-corrected chi connectivity index (χ4v) is 4.18. The zero-order valence-corrected chi connectivity index (χ0v) is 18.5. The van der Waals surface area contributed by atoms with E-state index in [0.717, 1.165) is 11.0 Å². The first-order chi connectivity index (χ1) is 14.9. The number of carbonyl (C=O) groups is 1. The number of aromatic nitrogens is 3. The van der Waals surface area contributed by atoms with Crippen LogP contribution in [0.2, 0.25) is 0 Å². The van der Waals surface area contributed by atoms with Crippen molar-refractivity contribution in [2.45, 2.75) is 38.5 Å². The molecule has 0 unspecified atom stereocenters. The molecule has 4 aromatic rings. The Bertz CT molecular complexity index is 1260. The second-order valence-corrected chi connectivity index (χ2v) is 8.79. The van der Waals surface area contributed by atoms with E-state index >= 15 is 0 Å². The van der Waals surface area contributed by atoms with Crippen LogP contribution < -0.4 is 10.9 Å². The van der Waals surface area contributed by atoms with Crippen molar-refractivity contribution in [1.82, 2.24) is 19.9 Å². The molecule has 1 amide bonds. The Morgan fingerprint density at radius 2 is 2.00 bits per heavy atom. The van der Waals surface area contributed by atoms with Crippen LogP contribution in [0.5, 0.6) is 0 Å². The summed E-state index contributed by atoms with van der Waals surface area (Å²) >= 11 is 1.24. The van der Waals surface area contributed by atoms with Crippen molar-refractivity contribution in [2.75, 3.05) is 5.75 Å². The van der Waals surface area contributed by atoms with Crippen LogP contribution in [0.15, 0.2) is 63.0 Å². The fraction of sp³-hybridized carbons (Fsp3) is 0.304. The Kier molecular flexibility index (Phi) is 6.08. The maximum Gasteiger partial charge on any atom is 0.263 e. The monoisotopic (exact) mass is 436 g/mol. The lowest BCUT2D eigenvalue weighted by Crippen LogP contribution is -2.29. The molecular weight excluding hydrogens is 412 g/mol. The van der Waals surface area contributed by atoms with Crippen molar-refractivity contribution >= 4 is 39.7 Å². The number of amides is 1. The number of nitrogens with one attached hydrogen (secondary N) is 1. The molecule has 0 spiro atoms. The molecule has 8 heteroatoms. The third-order valence-electron chi connectivity index (χ3n) is 4.82. The summed E-state index contributed by atoms with van der Waals surface area (Å²) in [5, 5.41) is 4.93. The van der Waals surface area contributed by atoms with Crippen LogP contribution in [0.4, 0.5) is 0 Å². The molecule has 1 aromatic carbocycles. The molecule has 7 nitrogen and oxygen atoms in total. The topological polar surface area (TPSA) is 90.0 Å². The molecule has 0 aliphatic rings. The SMILES string of the molecule is CC(C)Cn1c(SCC(=O)N[C@@H](C)c2cc3ccccc3o2)nc2ncccc2c1=O. The average molecular weight is 437 g/mol.